The number of aliphatic carboxylic acids is 1. The lowest BCUT2D eigenvalue weighted by Gasteiger charge is -2.21. The highest BCUT2D eigenvalue weighted by Crippen LogP contribution is 2.26. The van der Waals surface area contributed by atoms with Gasteiger partial charge in [-0.1, -0.05) is 43.4 Å². The summed E-state index contributed by atoms with van der Waals surface area (Å²) >= 11 is 1.94. The second-order valence-electron chi connectivity index (χ2n) is 3.07. The molecule has 0 fully saturated rings. The fraction of sp³-hybridized carbons (Fsp3) is 0.833. The molecule has 1 atom stereocenters. The Balaban J connectivity index is 4.04. The van der Waals surface area contributed by atoms with E-state index >= 15 is 0 Å². The summed E-state index contributed by atoms with van der Waals surface area (Å²) in [6.45, 7) is 5.74. The Morgan fingerprint density at radius 3 is 1.89 bits per heavy atom. The zero-order valence-electron chi connectivity index (χ0n) is 5.81. The first kappa shape index (κ1) is 9.20. The number of alkyl halides is 1. The van der Waals surface area contributed by atoms with Gasteiger partial charge in [0.15, 0.2) is 0 Å². The van der Waals surface area contributed by atoms with Crippen LogP contribution >= 0.6 is 22.6 Å². The van der Waals surface area contributed by atoms with Crippen LogP contribution in [0.2, 0.25) is 0 Å². The Kier molecular flexibility index (Phi) is 2.92. The van der Waals surface area contributed by atoms with Crippen LogP contribution in [0.25, 0.3) is 0 Å². The summed E-state index contributed by atoms with van der Waals surface area (Å²) in [7, 11) is 0. The molecule has 0 amide bonds. The fourth-order valence-electron chi connectivity index (χ4n) is 0.370. The Bertz CT molecular complexity index is 115. The van der Waals surface area contributed by atoms with Crippen LogP contribution in [0.1, 0.15) is 20.8 Å². The van der Waals surface area contributed by atoms with Crippen molar-refractivity contribution in [3.63, 3.8) is 0 Å². The summed E-state index contributed by atoms with van der Waals surface area (Å²) in [4.78, 5) is 10.3. The summed E-state index contributed by atoms with van der Waals surface area (Å²) in [5, 5.41) is 8.51. The Labute approximate surface area is 68.8 Å². The van der Waals surface area contributed by atoms with Crippen molar-refractivity contribution in [2.45, 2.75) is 24.7 Å². The number of carboxylic acids is 1. The maximum atomic E-state index is 10.3. The molecule has 0 aromatic carbocycles. The first-order valence-corrected chi connectivity index (χ1v) is 3.97. The standard InChI is InChI=1S/C6H11IO2/c1-6(2,3)4(7)5(8)9/h4H,1-3H3,(H,8,9). The van der Waals surface area contributed by atoms with E-state index in [1.807, 2.05) is 43.4 Å². The molecule has 0 saturated carbocycles. The molecular weight excluding hydrogens is 231 g/mol. The molecule has 0 bridgehead atoms. The van der Waals surface area contributed by atoms with Gasteiger partial charge in [0.2, 0.25) is 0 Å². The summed E-state index contributed by atoms with van der Waals surface area (Å²) in [6, 6.07) is 0. The van der Waals surface area contributed by atoms with Crippen LogP contribution in [-0.4, -0.2) is 15.0 Å². The van der Waals surface area contributed by atoms with Crippen LogP contribution in [0.15, 0.2) is 0 Å². The van der Waals surface area contributed by atoms with Crippen molar-refractivity contribution in [2.24, 2.45) is 5.41 Å². The van der Waals surface area contributed by atoms with Gasteiger partial charge in [-0.05, 0) is 5.41 Å². The van der Waals surface area contributed by atoms with Crippen LogP contribution in [-0.2, 0) is 4.79 Å². The summed E-state index contributed by atoms with van der Waals surface area (Å²) in [5.74, 6) is -0.733. The van der Waals surface area contributed by atoms with E-state index in [2.05, 4.69) is 0 Å². The maximum absolute atomic E-state index is 10.3. The smallest absolute Gasteiger partial charge is 0.316 e. The number of carbonyl (C=O) groups is 1. The molecule has 0 aliphatic carbocycles. The maximum Gasteiger partial charge on any atom is 0.316 e. The first-order chi connectivity index (χ1) is 3.85. The van der Waals surface area contributed by atoms with Crippen molar-refractivity contribution in [1.82, 2.24) is 0 Å². The number of rotatable bonds is 1. The monoisotopic (exact) mass is 242 g/mol. The molecule has 9 heavy (non-hydrogen) atoms. The second-order valence-corrected chi connectivity index (χ2v) is 4.31. The largest absolute Gasteiger partial charge is 0.480 e. The molecule has 1 unspecified atom stereocenters. The lowest BCUT2D eigenvalue weighted by atomic mass is 9.92. The highest BCUT2D eigenvalue weighted by molar-refractivity contribution is 14.1. The Morgan fingerprint density at radius 1 is 1.56 bits per heavy atom. The van der Waals surface area contributed by atoms with E-state index in [1.54, 1.807) is 0 Å². The van der Waals surface area contributed by atoms with Gasteiger partial charge in [-0.3, -0.25) is 4.79 Å². The molecule has 0 aliphatic heterocycles. The molecule has 0 rings (SSSR count). The number of halogens is 1. The van der Waals surface area contributed by atoms with Gasteiger partial charge in [0, 0.05) is 0 Å². The topological polar surface area (TPSA) is 37.3 Å². The molecule has 0 aromatic heterocycles. The van der Waals surface area contributed by atoms with E-state index in [0.29, 0.717) is 0 Å². The minimum Gasteiger partial charge on any atom is -0.480 e. The van der Waals surface area contributed by atoms with Gasteiger partial charge < -0.3 is 5.11 Å². The summed E-state index contributed by atoms with van der Waals surface area (Å²) in [5.41, 5.74) is -0.133. The molecular formula is C6H11IO2. The van der Waals surface area contributed by atoms with Gasteiger partial charge in [-0.25, -0.2) is 0 Å². The molecule has 54 valence electrons. The van der Waals surface area contributed by atoms with Crippen molar-refractivity contribution >= 4 is 28.6 Å². The van der Waals surface area contributed by atoms with Crippen molar-refractivity contribution < 1.29 is 9.90 Å². The average molecular weight is 242 g/mol. The normalized spacial score (nSPS) is 15.1. The number of hydrogen-bond acceptors (Lipinski definition) is 1. The predicted octanol–water partition coefficient (Wildman–Crippen LogP) is 1.92. The van der Waals surface area contributed by atoms with Crippen molar-refractivity contribution in [1.29, 1.82) is 0 Å². The third kappa shape index (κ3) is 3.03. The summed E-state index contributed by atoms with van der Waals surface area (Å²) < 4.78 is -0.296. The van der Waals surface area contributed by atoms with Crippen LogP contribution in [0.5, 0.6) is 0 Å². The molecule has 0 radical (unpaired) electrons. The van der Waals surface area contributed by atoms with Gasteiger partial charge in [0.05, 0.1) is 0 Å². The SMILES string of the molecule is CC(C)(C)C(I)C(=O)O. The van der Waals surface area contributed by atoms with Crippen molar-refractivity contribution in [2.75, 3.05) is 0 Å². The Hall–Kier alpha value is 0.200. The van der Waals surface area contributed by atoms with E-state index in [9.17, 15) is 4.79 Å². The highest BCUT2D eigenvalue weighted by atomic mass is 127. The molecule has 0 aromatic rings. The molecule has 1 N–H and O–H groups in total. The first-order valence-electron chi connectivity index (χ1n) is 2.72. The molecule has 2 nitrogen and oxygen atoms in total. The summed E-state index contributed by atoms with van der Waals surface area (Å²) in [6.07, 6.45) is 0. The second kappa shape index (κ2) is 2.86. The van der Waals surface area contributed by atoms with Gasteiger partial charge >= 0.3 is 5.97 Å². The average Bonchev–Trinajstić information content (AvgIpc) is 1.62. The van der Waals surface area contributed by atoms with Gasteiger partial charge in [0.1, 0.15) is 3.92 Å². The lowest BCUT2D eigenvalue weighted by molar-refractivity contribution is -0.137. The number of hydrogen-bond donors (Lipinski definition) is 1. The molecule has 0 spiro atoms. The van der Waals surface area contributed by atoms with Crippen molar-refractivity contribution in [3.05, 3.63) is 0 Å². The molecule has 3 heteroatoms. The highest BCUT2D eigenvalue weighted by Gasteiger charge is 2.27. The minimum atomic E-state index is -0.733. The van der Waals surface area contributed by atoms with E-state index in [1.165, 1.54) is 0 Å². The van der Waals surface area contributed by atoms with E-state index in [4.69, 9.17) is 5.11 Å². The lowest BCUT2D eigenvalue weighted by Crippen LogP contribution is -2.28. The predicted molar refractivity (Wildman–Crippen MR) is 44.9 cm³/mol. The van der Waals surface area contributed by atoms with E-state index < -0.39 is 5.97 Å². The van der Waals surface area contributed by atoms with Crippen molar-refractivity contribution in [3.8, 4) is 0 Å². The minimum absolute atomic E-state index is 0.133. The van der Waals surface area contributed by atoms with Gasteiger partial charge in [0.25, 0.3) is 0 Å². The van der Waals surface area contributed by atoms with Crippen LogP contribution < -0.4 is 0 Å². The third-order valence-electron chi connectivity index (χ3n) is 0.977. The fourth-order valence-corrected chi connectivity index (χ4v) is 0.370. The molecule has 0 heterocycles. The van der Waals surface area contributed by atoms with E-state index in [-0.39, 0.29) is 9.34 Å². The zero-order chi connectivity index (χ0) is 7.65. The van der Waals surface area contributed by atoms with E-state index in [0.717, 1.165) is 0 Å². The quantitative estimate of drug-likeness (QED) is 0.563. The van der Waals surface area contributed by atoms with Gasteiger partial charge in [-0.15, -0.1) is 0 Å². The van der Waals surface area contributed by atoms with Crippen LogP contribution in [0, 0.1) is 5.41 Å². The van der Waals surface area contributed by atoms with Crippen LogP contribution in [0.3, 0.4) is 0 Å². The molecule has 0 aliphatic rings. The Morgan fingerprint density at radius 2 is 1.89 bits per heavy atom. The van der Waals surface area contributed by atoms with Gasteiger partial charge in [-0.2, -0.15) is 0 Å². The third-order valence-corrected chi connectivity index (χ3v) is 3.38. The zero-order valence-corrected chi connectivity index (χ0v) is 7.97. The van der Waals surface area contributed by atoms with Crippen LogP contribution in [0.4, 0.5) is 0 Å². The number of carboxylic acid groups (broad SMARTS) is 1. The molecule has 0 saturated heterocycles.